The van der Waals surface area contributed by atoms with Crippen LogP contribution in [0.25, 0.3) is 0 Å². The maximum Gasteiger partial charge on any atom is -0.00700 e. The quantitative estimate of drug-likeness (QED) is 0.591. The van der Waals surface area contributed by atoms with Crippen molar-refractivity contribution in [3.8, 4) is 0 Å². The predicted molar refractivity (Wildman–Crippen MR) is 71.0 cm³/mol. The summed E-state index contributed by atoms with van der Waals surface area (Å²) in [6, 6.07) is 7.09. The average molecular weight is 216 g/mol. The van der Waals surface area contributed by atoms with Crippen molar-refractivity contribution in [1.29, 1.82) is 0 Å². The van der Waals surface area contributed by atoms with Crippen LogP contribution in [-0.2, 0) is 11.8 Å². The third-order valence-corrected chi connectivity index (χ3v) is 3.85. The normalized spacial score (nSPS) is 20.2. The number of hydrogen-bond donors (Lipinski definition) is 0. The zero-order valence-corrected chi connectivity index (χ0v) is 11.5. The molecule has 2 rings (SSSR count). The van der Waals surface area contributed by atoms with Crippen molar-refractivity contribution in [3.05, 3.63) is 34.9 Å². The molecule has 0 heteroatoms. The smallest absolute Gasteiger partial charge is 0.00700 e. The van der Waals surface area contributed by atoms with E-state index in [1.165, 1.54) is 12.0 Å². The third kappa shape index (κ3) is 1.90. The van der Waals surface area contributed by atoms with E-state index in [2.05, 4.69) is 59.7 Å². The van der Waals surface area contributed by atoms with Gasteiger partial charge in [0.15, 0.2) is 0 Å². The van der Waals surface area contributed by atoms with E-state index in [9.17, 15) is 0 Å². The fourth-order valence-electron chi connectivity index (χ4n) is 2.56. The van der Waals surface area contributed by atoms with E-state index in [1.54, 1.807) is 11.1 Å². The molecule has 1 aliphatic carbocycles. The molecule has 16 heavy (non-hydrogen) atoms. The van der Waals surface area contributed by atoms with Gasteiger partial charge in [-0.05, 0) is 39.9 Å². The Hall–Kier alpha value is -0.780. The molecule has 0 radical (unpaired) electrons. The van der Waals surface area contributed by atoms with Crippen molar-refractivity contribution in [1.82, 2.24) is 0 Å². The molecule has 0 saturated heterocycles. The van der Waals surface area contributed by atoms with Gasteiger partial charge in [-0.25, -0.2) is 0 Å². The Morgan fingerprint density at radius 1 is 1.00 bits per heavy atom. The first-order valence-electron chi connectivity index (χ1n) is 6.33. The molecule has 0 aliphatic heterocycles. The van der Waals surface area contributed by atoms with E-state index in [-0.39, 0.29) is 5.41 Å². The molecule has 0 heterocycles. The highest BCUT2D eigenvalue weighted by molar-refractivity contribution is 5.45. The summed E-state index contributed by atoms with van der Waals surface area (Å²) in [4.78, 5) is 0. The Morgan fingerprint density at radius 2 is 1.62 bits per heavy atom. The fraction of sp³-hybridized carbons (Fsp3) is 0.625. The van der Waals surface area contributed by atoms with Crippen LogP contribution >= 0.6 is 0 Å². The lowest BCUT2D eigenvalue weighted by atomic mass is 9.64. The number of rotatable bonds is 0. The van der Waals surface area contributed by atoms with Gasteiger partial charge in [-0.1, -0.05) is 59.7 Å². The van der Waals surface area contributed by atoms with Crippen LogP contribution in [0.4, 0.5) is 0 Å². The predicted octanol–water partition coefficient (Wildman–Crippen LogP) is 4.67. The molecule has 88 valence electrons. The topological polar surface area (TPSA) is 0 Å². The molecule has 1 aromatic carbocycles. The molecule has 0 saturated carbocycles. The third-order valence-electron chi connectivity index (χ3n) is 3.85. The van der Waals surface area contributed by atoms with Crippen molar-refractivity contribution in [2.24, 2.45) is 5.41 Å². The monoisotopic (exact) mass is 216 g/mol. The maximum atomic E-state index is 2.41. The molecular formula is C16H24. The highest BCUT2D eigenvalue weighted by atomic mass is 14.4. The average Bonchev–Trinajstić information content (AvgIpc) is 2.02. The molecule has 0 aromatic heterocycles. The van der Waals surface area contributed by atoms with Crippen molar-refractivity contribution >= 4 is 0 Å². The van der Waals surface area contributed by atoms with E-state index in [1.807, 2.05) is 0 Å². The standard InChI is InChI=1S/C16H24/c1-15(2,3)12-7-8-13-11(9-12)10-14(13)16(4,5)6/h7-9,14H,10H2,1-6H3. The zero-order valence-electron chi connectivity index (χ0n) is 11.5. The van der Waals surface area contributed by atoms with Crippen molar-refractivity contribution in [3.63, 3.8) is 0 Å². The molecule has 1 atom stereocenters. The van der Waals surface area contributed by atoms with Gasteiger partial charge in [0.2, 0.25) is 0 Å². The van der Waals surface area contributed by atoms with Crippen LogP contribution in [0.5, 0.6) is 0 Å². The van der Waals surface area contributed by atoms with Crippen molar-refractivity contribution in [2.45, 2.75) is 59.3 Å². The van der Waals surface area contributed by atoms with E-state index < -0.39 is 0 Å². The summed E-state index contributed by atoms with van der Waals surface area (Å²) in [5, 5.41) is 0. The Labute approximate surface area is 100 Å². The molecular weight excluding hydrogens is 192 g/mol. The SMILES string of the molecule is CC(C)(C)c1ccc2c(c1)CC2C(C)(C)C. The molecule has 1 unspecified atom stereocenters. The van der Waals surface area contributed by atoms with Gasteiger partial charge in [0.25, 0.3) is 0 Å². The largest absolute Gasteiger partial charge is 0.0596 e. The Bertz CT molecular complexity index is 399. The van der Waals surface area contributed by atoms with E-state index >= 15 is 0 Å². The molecule has 0 amide bonds. The van der Waals surface area contributed by atoms with E-state index in [0.29, 0.717) is 5.41 Å². The first-order chi connectivity index (χ1) is 7.19. The number of benzene rings is 1. The molecule has 0 spiro atoms. The first-order valence-corrected chi connectivity index (χ1v) is 6.33. The van der Waals surface area contributed by atoms with Gasteiger partial charge in [0.1, 0.15) is 0 Å². The Balaban J connectivity index is 2.31. The summed E-state index contributed by atoms with van der Waals surface area (Å²) >= 11 is 0. The van der Waals surface area contributed by atoms with Gasteiger partial charge < -0.3 is 0 Å². The number of fused-ring (bicyclic) bond motifs is 1. The highest BCUT2D eigenvalue weighted by Gasteiger charge is 2.35. The molecule has 0 N–H and O–H groups in total. The molecule has 0 fully saturated rings. The van der Waals surface area contributed by atoms with E-state index in [4.69, 9.17) is 0 Å². The minimum atomic E-state index is 0.280. The van der Waals surface area contributed by atoms with Crippen LogP contribution in [-0.4, -0.2) is 0 Å². The maximum absolute atomic E-state index is 2.41. The molecule has 1 aromatic rings. The molecule has 0 bridgehead atoms. The summed E-state index contributed by atoms with van der Waals surface area (Å²) in [5.41, 5.74) is 5.32. The van der Waals surface area contributed by atoms with Crippen LogP contribution in [0.2, 0.25) is 0 Å². The van der Waals surface area contributed by atoms with Crippen molar-refractivity contribution in [2.75, 3.05) is 0 Å². The van der Waals surface area contributed by atoms with Gasteiger partial charge in [-0.2, -0.15) is 0 Å². The lowest BCUT2D eigenvalue weighted by Gasteiger charge is -2.41. The highest BCUT2D eigenvalue weighted by Crippen LogP contribution is 2.47. The second-order valence-corrected chi connectivity index (χ2v) is 7.29. The Kier molecular flexibility index (Phi) is 2.45. The lowest BCUT2D eigenvalue weighted by Crippen LogP contribution is -2.29. The minimum absolute atomic E-state index is 0.280. The second kappa shape index (κ2) is 3.35. The summed E-state index contributed by atoms with van der Waals surface area (Å²) in [5.74, 6) is 0.761. The van der Waals surface area contributed by atoms with Gasteiger partial charge in [-0.15, -0.1) is 0 Å². The summed E-state index contributed by atoms with van der Waals surface area (Å²) in [6.45, 7) is 13.9. The van der Waals surface area contributed by atoms with Crippen LogP contribution in [0.3, 0.4) is 0 Å². The zero-order chi connectivity index (χ0) is 12.1. The number of hydrogen-bond acceptors (Lipinski definition) is 0. The second-order valence-electron chi connectivity index (χ2n) is 7.29. The van der Waals surface area contributed by atoms with Crippen LogP contribution in [0.1, 0.15) is 64.2 Å². The molecule has 1 aliphatic rings. The minimum Gasteiger partial charge on any atom is -0.0596 e. The van der Waals surface area contributed by atoms with Crippen LogP contribution in [0, 0.1) is 5.41 Å². The molecule has 0 nitrogen and oxygen atoms in total. The van der Waals surface area contributed by atoms with Crippen molar-refractivity contribution < 1.29 is 0 Å². The lowest BCUT2D eigenvalue weighted by molar-refractivity contribution is 0.291. The summed E-state index contributed by atoms with van der Waals surface area (Å²) in [7, 11) is 0. The van der Waals surface area contributed by atoms with Gasteiger partial charge in [0.05, 0.1) is 0 Å². The van der Waals surface area contributed by atoms with Gasteiger partial charge >= 0.3 is 0 Å². The van der Waals surface area contributed by atoms with Gasteiger partial charge in [-0.3, -0.25) is 0 Å². The summed E-state index contributed by atoms with van der Waals surface area (Å²) < 4.78 is 0. The van der Waals surface area contributed by atoms with Gasteiger partial charge in [0, 0.05) is 0 Å². The first kappa shape index (κ1) is 11.7. The Morgan fingerprint density at radius 3 is 2.06 bits per heavy atom. The fourth-order valence-corrected chi connectivity index (χ4v) is 2.56. The van der Waals surface area contributed by atoms with Crippen LogP contribution in [0.15, 0.2) is 18.2 Å². The van der Waals surface area contributed by atoms with Crippen LogP contribution < -0.4 is 0 Å². The van der Waals surface area contributed by atoms with E-state index in [0.717, 1.165) is 5.92 Å². The summed E-state index contributed by atoms with van der Waals surface area (Å²) in [6.07, 6.45) is 1.27.